The van der Waals surface area contributed by atoms with Gasteiger partial charge in [0.2, 0.25) is 0 Å². The smallest absolute Gasteiger partial charge is 0.262 e. The van der Waals surface area contributed by atoms with E-state index in [0.717, 1.165) is 17.7 Å². The molecule has 1 aliphatic heterocycles. The number of nitrogens with one attached hydrogen (secondary N) is 1. The Morgan fingerprint density at radius 3 is 2.74 bits per heavy atom. The Morgan fingerprint density at radius 2 is 1.94 bits per heavy atom. The van der Waals surface area contributed by atoms with Crippen LogP contribution in [0.4, 0.5) is 5.69 Å². The summed E-state index contributed by atoms with van der Waals surface area (Å²) in [6.45, 7) is 2.70. The van der Waals surface area contributed by atoms with Gasteiger partial charge in [0.25, 0.3) is 11.8 Å². The summed E-state index contributed by atoms with van der Waals surface area (Å²) in [5.41, 5.74) is 2.39. The van der Waals surface area contributed by atoms with E-state index in [9.17, 15) is 9.59 Å². The molecule has 7 nitrogen and oxygen atoms in total. The molecule has 3 aromatic rings. The van der Waals surface area contributed by atoms with E-state index in [-0.39, 0.29) is 18.4 Å². The number of amides is 2. The minimum atomic E-state index is -0.750. The first kappa shape index (κ1) is 20.4. The molecular formula is C24H24N4O3. The second kappa shape index (κ2) is 9.30. The number of benzene rings is 2. The molecule has 0 bridgehead atoms. The van der Waals surface area contributed by atoms with E-state index in [1.165, 1.54) is 6.08 Å². The minimum Gasteiger partial charge on any atom is -0.477 e. The van der Waals surface area contributed by atoms with Gasteiger partial charge in [-0.1, -0.05) is 37.3 Å². The lowest BCUT2D eigenvalue weighted by atomic mass is 10.1. The van der Waals surface area contributed by atoms with Gasteiger partial charge in [-0.05, 0) is 36.8 Å². The molecule has 0 saturated heterocycles. The van der Waals surface area contributed by atoms with Gasteiger partial charge in [-0.15, -0.1) is 0 Å². The van der Waals surface area contributed by atoms with Crippen molar-refractivity contribution < 1.29 is 14.3 Å². The monoisotopic (exact) mass is 416 g/mol. The number of anilines is 1. The predicted octanol–water partition coefficient (Wildman–Crippen LogP) is 3.21. The van der Waals surface area contributed by atoms with Gasteiger partial charge in [0.05, 0.1) is 24.1 Å². The maximum Gasteiger partial charge on any atom is 0.262 e. The molecule has 2 aromatic carbocycles. The Kier molecular flexibility index (Phi) is 6.12. The molecule has 2 heterocycles. The zero-order valence-electron chi connectivity index (χ0n) is 17.3. The first-order valence-corrected chi connectivity index (χ1v) is 10.3. The van der Waals surface area contributed by atoms with Crippen LogP contribution in [0.3, 0.4) is 0 Å². The molecular weight excluding hydrogens is 392 g/mol. The highest BCUT2D eigenvalue weighted by Gasteiger charge is 2.32. The quantitative estimate of drug-likeness (QED) is 0.626. The number of para-hydroxylation sites is 3. The summed E-state index contributed by atoms with van der Waals surface area (Å²) in [6.07, 6.45) is 6.85. The SMILES string of the molecule is CCCNC(=O)[C@@H]1CN(C(=O)/C=C/c2cnn(-c3ccccc3)c2)c2ccccc2O1. The number of hydrogen-bond donors (Lipinski definition) is 1. The lowest BCUT2D eigenvalue weighted by Gasteiger charge is -2.33. The van der Waals surface area contributed by atoms with Gasteiger partial charge in [-0.2, -0.15) is 5.10 Å². The van der Waals surface area contributed by atoms with Crippen molar-refractivity contribution in [2.45, 2.75) is 19.4 Å². The van der Waals surface area contributed by atoms with Crippen LogP contribution in [-0.4, -0.2) is 40.8 Å². The second-order valence-electron chi connectivity index (χ2n) is 7.20. The third-order valence-corrected chi connectivity index (χ3v) is 4.92. The van der Waals surface area contributed by atoms with Crippen molar-refractivity contribution >= 4 is 23.6 Å². The molecule has 0 spiro atoms. The predicted molar refractivity (Wildman–Crippen MR) is 119 cm³/mol. The molecule has 0 saturated carbocycles. The van der Waals surface area contributed by atoms with Crippen LogP contribution in [0.15, 0.2) is 73.1 Å². The van der Waals surface area contributed by atoms with E-state index in [1.54, 1.807) is 27.9 Å². The van der Waals surface area contributed by atoms with E-state index in [2.05, 4.69) is 10.4 Å². The molecule has 1 atom stereocenters. The maximum atomic E-state index is 13.0. The number of hydrogen-bond acceptors (Lipinski definition) is 4. The Hall–Kier alpha value is -3.87. The van der Waals surface area contributed by atoms with Crippen molar-refractivity contribution in [1.82, 2.24) is 15.1 Å². The van der Waals surface area contributed by atoms with Gasteiger partial charge in [-0.3, -0.25) is 9.59 Å². The highest BCUT2D eigenvalue weighted by molar-refractivity contribution is 6.05. The first-order chi connectivity index (χ1) is 15.2. The molecule has 0 aliphatic carbocycles. The van der Waals surface area contributed by atoms with Gasteiger partial charge in [-0.25, -0.2) is 4.68 Å². The molecule has 0 unspecified atom stereocenters. The highest BCUT2D eigenvalue weighted by atomic mass is 16.5. The Labute approximate surface area is 180 Å². The molecule has 2 amide bonds. The summed E-state index contributed by atoms with van der Waals surface area (Å²) in [5, 5.41) is 7.18. The van der Waals surface area contributed by atoms with Crippen molar-refractivity contribution in [3.05, 3.63) is 78.6 Å². The van der Waals surface area contributed by atoms with Gasteiger partial charge in [0, 0.05) is 24.4 Å². The summed E-state index contributed by atoms with van der Waals surface area (Å²) in [6, 6.07) is 17.0. The second-order valence-corrected chi connectivity index (χ2v) is 7.20. The van der Waals surface area contributed by atoms with Gasteiger partial charge in [0.15, 0.2) is 6.10 Å². The van der Waals surface area contributed by atoms with Crippen LogP contribution in [0, 0.1) is 0 Å². The van der Waals surface area contributed by atoms with Gasteiger partial charge < -0.3 is 15.0 Å². The standard InChI is InChI=1S/C24H24N4O3/c1-2-14-25-24(30)22-17-27(20-10-6-7-11-21(20)31-22)23(29)13-12-18-15-26-28(16-18)19-8-4-3-5-9-19/h3-13,15-16,22H,2,14,17H2,1H3,(H,25,30)/b13-12+/t22-/m0/s1. The number of fused-ring (bicyclic) bond motifs is 1. The normalized spacial score (nSPS) is 15.4. The van der Waals surface area contributed by atoms with Crippen LogP contribution in [0.25, 0.3) is 11.8 Å². The summed E-state index contributed by atoms with van der Waals surface area (Å²) in [5.74, 6) is 0.0721. The summed E-state index contributed by atoms with van der Waals surface area (Å²) >= 11 is 0. The van der Waals surface area contributed by atoms with Crippen molar-refractivity contribution in [3.8, 4) is 11.4 Å². The van der Waals surface area contributed by atoms with Crippen molar-refractivity contribution in [1.29, 1.82) is 0 Å². The van der Waals surface area contributed by atoms with Crippen LogP contribution in [-0.2, 0) is 9.59 Å². The highest BCUT2D eigenvalue weighted by Crippen LogP contribution is 2.33. The zero-order chi connectivity index (χ0) is 21.6. The van der Waals surface area contributed by atoms with Crippen LogP contribution >= 0.6 is 0 Å². The summed E-state index contributed by atoms with van der Waals surface area (Å²) in [7, 11) is 0. The fraction of sp³-hybridized carbons (Fsp3) is 0.208. The number of carbonyl (C=O) groups excluding carboxylic acids is 2. The van der Waals surface area contributed by atoms with E-state index in [4.69, 9.17) is 4.74 Å². The third-order valence-electron chi connectivity index (χ3n) is 4.92. The zero-order valence-corrected chi connectivity index (χ0v) is 17.3. The number of rotatable bonds is 6. The average molecular weight is 416 g/mol. The molecule has 1 N–H and O–H groups in total. The molecule has 158 valence electrons. The molecule has 0 fully saturated rings. The van der Waals surface area contributed by atoms with E-state index < -0.39 is 6.10 Å². The van der Waals surface area contributed by atoms with Crippen molar-refractivity contribution in [2.24, 2.45) is 0 Å². The average Bonchev–Trinajstić information content (AvgIpc) is 3.30. The van der Waals surface area contributed by atoms with Crippen LogP contribution in [0.1, 0.15) is 18.9 Å². The lowest BCUT2D eigenvalue weighted by molar-refractivity contribution is -0.128. The molecule has 7 heteroatoms. The number of aromatic nitrogens is 2. The van der Waals surface area contributed by atoms with E-state index in [1.807, 2.05) is 61.7 Å². The number of ether oxygens (including phenoxy) is 1. The first-order valence-electron chi connectivity index (χ1n) is 10.3. The molecule has 31 heavy (non-hydrogen) atoms. The van der Waals surface area contributed by atoms with Crippen molar-refractivity contribution in [2.75, 3.05) is 18.0 Å². The van der Waals surface area contributed by atoms with Crippen molar-refractivity contribution in [3.63, 3.8) is 0 Å². The molecule has 0 radical (unpaired) electrons. The molecule has 4 rings (SSSR count). The Morgan fingerprint density at radius 1 is 1.16 bits per heavy atom. The van der Waals surface area contributed by atoms with Crippen LogP contribution < -0.4 is 15.0 Å². The fourth-order valence-corrected chi connectivity index (χ4v) is 3.34. The maximum absolute atomic E-state index is 13.0. The number of carbonyl (C=O) groups is 2. The van der Waals surface area contributed by atoms with Gasteiger partial charge >= 0.3 is 0 Å². The molecule has 1 aromatic heterocycles. The summed E-state index contributed by atoms with van der Waals surface area (Å²) in [4.78, 5) is 27.0. The largest absolute Gasteiger partial charge is 0.477 e. The summed E-state index contributed by atoms with van der Waals surface area (Å²) < 4.78 is 7.60. The Balaban J connectivity index is 1.51. The van der Waals surface area contributed by atoms with Gasteiger partial charge in [0.1, 0.15) is 5.75 Å². The van der Waals surface area contributed by atoms with Crippen LogP contribution in [0.5, 0.6) is 5.75 Å². The lowest BCUT2D eigenvalue weighted by Crippen LogP contribution is -2.50. The number of nitrogens with zero attached hydrogens (tertiary/aromatic N) is 3. The van der Waals surface area contributed by atoms with E-state index in [0.29, 0.717) is 18.0 Å². The van der Waals surface area contributed by atoms with Crippen LogP contribution in [0.2, 0.25) is 0 Å². The molecule has 1 aliphatic rings. The Bertz CT molecular complexity index is 1090. The minimum absolute atomic E-state index is 0.152. The fourth-order valence-electron chi connectivity index (χ4n) is 3.34. The topological polar surface area (TPSA) is 76.5 Å². The van der Waals surface area contributed by atoms with E-state index >= 15 is 0 Å². The third kappa shape index (κ3) is 4.66.